The van der Waals surface area contributed by atoms with Crippen molar-refractivity contribution in [2.75, 3.05) is 0 Å². The summed E-state index contributed by atoms with van der Waals surface area (Å²) in [6.07, 6.45) is 7.39. The number of ether oxygens (including phenoxy) is 1. The molecule has 0 spiro atoms. The van der Waals surface area contributed by atoms with Crippen molar-refractivity contribution in [1.29, 1.82) is 0 Å². The van der Waals surface area contributed by atoms with E-state index in [0.29, 0.717) is 12.0 Å². The molecule has 1 aromatic carbocycles. The van der Waals surface area contributed by atoms with Crippen LogP contribution < -0.4 is 10.6 Å². The lowest BCUT2D eigenvalue weighted by molar-refractivity contribution is -0.139. The molecule has 1 rings (SSSR count). The molecule has 0 aliphatic rings. The maximum Gasteiger partial charge on any atom is 0.408 e. The second kappa shape index (κ2) is 12.9. The van der Waals surface area contributed by atoms with Gasteiger partial charge in [0.25, 0.3) is 5.91 Å². The Morgan fingerprint density at radius 3 is 2.18 bits per heavy atom. The molecule has 4 unspecified atom stereocenters. The topological polar surface area (TPSA) is 87.7 Å². The SMILES string of the molecule is C#CN(C(=O)C(NC(=O)OC(C)(C)C)C(C)CC)C(C(=O)NC(C)CCC)c1ccccc1. The van der Waals surface area contributed by atoms with Crippen molar-refractivity contribution in [3.8, 4) is 12.5 Å². The molecule has 0 fully saturated rings. The van der Waals surface area contributed by atoms with Crippen LogP contribution in [-0.2, 0) is 14.3 Å². The molecular weight excluding hydrogens is 418 g/mol. The highest BCUT2D eigenvalue weighted by atomic mass is 16.6. The Kier molecular flexibility index (Phi) is 10.9. The third-order valence-corrected chi connectivity index (χ3v) is 5.26. The normalized spacial score (nSPS) is 14.7. The molecule has 2 N–H and O–H groups in total. The van der Waals surface area contributed by atoms with Crippen LogP contribution in [0.15, 0.2) is 30.3 Å². The molecule has 3 amide bonds. The van der Waals surface area contributed by atoms with Crippen LogP contribution in [0.3, 0.4) is 0 Å². The Labute approximate surface area is 198 Å². The fraction of sp³-hybridized carbons (Fsp3) is 0.577. The van der Waals surface area contributed by atoms with E-state index < -0.39 is 29.7 Å². The van der Waals surface area contributed by atoms with E-state index in [1.807, 2.05) is 33.8 Å². The summed E-state index contributed by atoms with van der Waals surface area (Å²) in [7, 11) is 0. The minimum absolute atomic E-state index is 0.0753. The van der Waals surface area contributed by atoms with Crippen molar-refractivity contribution in [1.82, 2.24) is 15.5 Å². The van der Waals surface area contributed by atoms with Gasteiger partial charge in [-0.25, -0.2) is 4.79 Å². The summed E-state index contributed by atoms with van der Waals surface area (Å²) < 4.78 is 5.35. The van der Waals surface area contributed by atoms with Gasteiger partial charge in [-0.2, -0.15) is 0 Å². The zero-order valence-corrected chi connectivity index (χ0v) is 21.0. The molecule has 0 aliphatic carbocycles. The van der Waals surface area contributed by atoms with E-state index in [2.05, 4.69) is 16.7 Å². The van der Waals surface area contributed by atoms with E-state index in [1.165, 1.54) is 0 Å². The highest BCUT2D eigenvalue weighted by Gasteiger charge is 2.38. The van der Waals surface area contributed by atoms with Crippen molar-refractivity contribution < 1.29 is 19.1 Å². The van der Waals surface area contributed by atoms with E-state index in [-0.39, 0.29) is 17.9 Å². The average molecular weight is 458 g/mol. The van der Waals surface area contributed by atoms with Gasteiger partial charge >= 0.3 is 6.09 Å². The first-order valence-electron chi connectivity index (χ1n) is 11.6. The summed E-state index contributed by atoms with van der Waals surface area (Å²) in [4.78, 5) is 40.5. The first-order valence-corrected chi connectivity index (χ1v) is 11.6. The highest BCUT2D eigenvalue weighted by Crippen LogP contribution is 2.24. The van der Waals surface area contributed by atoms with Crippen LogP contribution in [0.1, 0.15) is 79.3 Å². The molecule has 33 heavy (non-hydrogen) atoms. The largest absolute Gasteiger partial charge is 0.444 e. The first kappa shape index (κ1) is 28.0. The molecule has 0 heterocycles. The van der Waals surface area contributed by atoms with Gasteiger partial charge in [-0.15, -0.1) is 0 Å². The van der Waals surface area contributed by atoms with Crippen LogP contribution >= 0.6 is 0 Å². The number of nitrogens with one attached hydrogen (secondary N) is 2. The fourth-order valence-electron chi connectivity index (χ4n) is 3.41. The summed E-state index contributed by atoms with van der Waals surface area (Å²) in [6.45, 7) is 12.9. The van der Waals surface area contributed by atoms with Crippen molar-refractivity contribution in [2.45, 2.75) is 91.5 Å². The van der Waals surface area contributed by atoms with Gasteiger partial charge in [0.1, 0.15) is 17.7 Å². The number of amides is 3. The molecule has 4 atom stereocenters. The molecule has 182 valence electrons. The summed E-state index contributed by atoms with van der Waals surface area (Å²) in [6, 6.07) is 9.25. The number of alkyl carbamates (subject to hydrolysis) is 1. The zero-order chi connectivity index (χ0) is 25.2. The standard InChI is InChI=1S/C26H39N3O4/c1-9-15-19(5)27-23(30)22(20-16-13-12-14-17-20)29(11-3)24(31)21(18(4)10-2)28-25(32)33-26(6,7)8/h3,12-14,16-19,21-22H,9-10,15H2,1-2,4-8H3,(H,27,30)(H,28,32). The minimum atomic E-state index is -1.03. The van der Waals surface area contributed by atoms with Crippen LogP contribution in [0.2, 0.25) is 0 Å². The quantitative estimate of drug-likeness (QED) is 0.403. The van der Waals surface area contributed by atoms with Gasteiger partial charge in [-0.05, 0) is 45.6 Å². The van der Waals surface area contributed by atoms with Crippen molar-refractivity contribution in [3.05, 3.63) is 35.9 Å². The van der Waals surface area contributed by atoms with E-state index in [4.69, 9.17) is 11.2 Å². The molecule has 0 radical (unpaired) electrons. The molecule has 0 bridgehead atoms. The van der Waals surface area contributed by atoms with E-state index in [9.17, 15) is 14.4 Å². The summed E-state index contributed by atoms with van der Waals surface area (Å²) >= 11 is 0. The molecule has 7 nitrogen and oxygen atoms in total. The molecular formula is C26H39N3O4. The molecule has 0 aliphatic heterocycles. The van der Waals surface area contributed by atoms with E-state index in [1.54, 1.807) is 45.0 Å². The fourth-order valence-corrected chi connectivity index (χ4v) is 3.41. The van der Waals surface area contributed by atoms with Crippen LogP contribution in [0, 0.1) is 18.4 Å². The van der Waals surface area contributed by atoms with Crippen LogP contribution in [0.5, 0.6) is 0 Å². The average Bonchev–Trinajstić information content (AvgIpc) is 2.74. The van der Waals surface area contributed by atoms with Crippen LogP contribution in [0.25, 0.3) is 0 Å². The van der Waals surface area contributed by atoms with E-state index >= 15 is 0 Å². The van der Waals surface area contributed by atoms with Gasteiger partial charge in [0, 0.05) is 12.1 Å². The number of carbonyl (C=O) groups excluding carboxylic acids is 3. The number of carbonyl (C=O) groups is 3. The van der Waals surface area contributed by atoms with Gasteiger partial charge in [0.2, 0.25) is 5.91 Å². The summed E-state index contributed by atoms with van der Waals surface area (Å²) in [5.41, 5.74) is -0.133. The first-order chi connectivity index (χ1) is 15.4. The number of hydrogen-bond donors (Lipinski definition) is 2. The Bertz CT molecular complexity index is 826. The number of benzene rings is 1. The Balaban J connectivity index is 3.32. The molecule has 7 heteroatoms. The lowest BCUT2D eigenvalue weighted by atomic mass is 9.96. The monoisotopic (exact) mass is 457 g/mol. The van der Waals surface area contributed by atoms with Crippen molar-refractivity contribution in [3.63, 3.8) is 0 Å². The second-order valence-electron chi connectivity index (χ2n) is 9.36. The number of terminal acetylenes is 1. The third kappa shape index (κ3) is 8.80. The maximum atomic E-state index is 13.6. The van der Waals surface area contributed by atoms with Crippen molar-refractivity contribution >= 4 is 17.9 Å². The van der Waals surface area contributed by atoms with Gasteiger partial charge in [-0.1, -0.05) is 70.4 Å². The molecule has 0 saturated carbocycles. The Hall–Kier alpha value is -3.01. The van der Waals surface area contributed by atoms with Gasteiger partial charge in [-0.3, -0.25) is 14.5 Å². The smallest absolute Gasteiger partial charge is 0.408 e. The predicted molar refractivity (Wildman–Crippen MR) is 130 cm³/mol. The van der Waals surface area contributed by atoms with E-state index in [0.717, 1.165) is 17.7 Å². The van der Waals surface area contributed by atoms with Gasteiger partial charge < -0.3 is 15.4 Å². The molecule has 0 saturated heterocycles. The lowest BCUT2D eigenvalue weighted by Crippen LogP contribution is -2.54. The molecule has 1 aromatic rings. The van der Waals surface area contributed by atoms with Crippen molar-refractivity contribution in [2.24, 2.45) is 5.92 Å². The number of rotatable bonds is 10. The highest BCUT2D eigenvalue weighted by molar-refractivity contribution is 5.93. The van der Waals surface area contributed by atoms with Gasteiger partial charge in [0.15, 0.2) is 0 Å². The van der Waals surface area contributed by atoms with Crippen LogP contribution in [-0.4, -0.2) is 40.5 Å². The van der Waals surface area contributed by atoms with Crippen LogP contribution in [0.4, 0.5) is 4.79 Å². The van der Waals surface area contributed by atoms with Gasteiger partial charge in [0.05, 0.1) is 0 Å². The lowest BCUT2D eigenvalue weighted by Gasteiger charge is -2.33. The second-order valence-corrected chi connectivity index (χ2v) is 9.36. The number of hydrogen-bond acceptors (Lipinski definition) is 4. The third-order valence-electron chi connectivity index (χ3n) is 5.26. The summed E-state index contributed by atoms with van der Waals surface area (Å²) in [5.74, 6) is -1.14. The number of nitrogens with zero attached hydrogens (tertiary/aromatic N) is 1. The minimum Gasteiger partial charge on any atom is -0.444 e. The summed E-state index contributed by atoms with van der Waals surface area (Å²) in [5, 5.41) is 5.63. The zero-order valence-electron chi connectivity index (χ0n) is 21.0. The maximum absolute atomic E-state index is 13.6. The molecule has 0 aromatic heterocycles. The predicted octanol–water partition coefficient (Wildman–Crippen LogP) is 4.39. The Morgan fingerprint density at radius 2 is 1.70 bits per heavy atom. The Morgan fingerprint density at radius 1 is 1.09 bits per heavy atom.